The molecule has 0 bridgehead atoms. The van der Waals surface area contributed by atoms with Crippen LogP contribution in [0.2, 0.25) is 0 Å². The Hall–Kier alpha value is -0.410. The predicted molar refractivity (Wildman–Crippen MR) is 67.6 cm³/mol. The largest absolute Gasteiger partial charge is 0.319 e. The summed E-state index contributed by atoms with van der Waals surface area (Å²) in [7, 11) is 0. The molecule has 0 aromatic carbocycles. The van der Waals surface area contributed by atoms with E-state index in [1.54, 1.807) is 0 Å². The third-order valence-electron chi connectivity index (χ3n) is 4.29. The fraction of sp³-hybridized carbons (Fsp3) is 0.769. The smallest absolute Gasteiger partial charge is 0.113 e. The van der Waals surface area contributed by atoms with Crippen LogP contribution in [0, 0.1) is 5.92 Å². The van der Waals surface area contributed by atoms with Crippen LogP contribution in [0.5, 0.6) is 0 Å². The molecule has 1 fully saturated rings. The van der Waals surface area contributed by atoms with Crippen LogP contribution in [0.15, 0.2) is 0 Å². The van der Waals surface area contributed by atoms with Crippen molar-refractivity contribution in [3.05, 3.63) is 15.6 Å². The number of nitrogens with zero attached hydrogens (tertiary/aromatic N) is 1. The molecular weight excluding hydrogens is 216 g/mol. The van der Waals surface area contributed by atoms with E-state index < -0.39 is 0 Å². The molecule has 0 spiro atoms. The standard InChI is InChI=1S/C13H20N2S/c1-2-9-4-5-10-11(8-9)16-12(15-10)13(14)6-3-7-13/h9H,2-8,14H2,1H3. The zero-order valence-electron chi connectivity index (χ0n) is 9.96. The molecule has 2 aliphatic carbocycles. The lowest BCUT2D eigenvalue weighted by molar-refractivity contribution is 0.252. The predicted octanol–water partition coefficient (Wildman–Crippen LogP) is 3.00. The summed E-state index contributed by atoms with van der Waals surface area (Å²) in [6.07, 6.45) is 8.61. The summed E-state index contributed by atoms with van der Waals surface area (Å²) < 4.78 is 0. The van der Waals surface area contributed by atoms with Gasteiger partial charge in [-0.3, -0.25) is 0 Å². The Kier molecular flexibility index (Phi) is 2.55. The maximum absolute atomic E-state index is 6.35. The molecule has 2 aliphatic rings. The third-order valence-corrected chi connectivity index (χ3v) is 5.63. The molecule has 1 saturated carbocycles. The molecule has 16 heavy (non-hydrogen) atoms. The number of fused-ring (bicyclic) bond motifs is 1. The fourth-order valence-corrected chi connectivity index (χ4v) is 4.16. The molecule has 1 aromatic heterocycles. The number of hydrogen-bond acceptors (Lipinski definition) is 3. The summed E-state index contributed by atoms with van der Waals surface area (Å²) in [5.41, 5.74) is 7.66. The van der Waals surface area contributed by atoms with Crippen molar-refractivity contribution in [1.29, 1.82) is 0 Å². The zero-order chi connectivity index (χ0) is 11.2. The summed E-state index contributed by atoms with van der Waals surface area (Å²) in [6, 6.07) is 0. The van der Waals surface area contributed by atoms with Crippen LogP contribution in [0.1, 0.15) is 54.6 Å². The van der Waals surface area contributed by atoms with Gasteiger partial charge < -0.3 is 5.73 Å². The summed E-state index contributed by atoms with van der Waals surface area (Å²) in [6.45, 7) is 2.30. The minimum atomic E-state index is -0.0519. The molecule has 0 radical (unpaired) electrons. The first kappa shape index (κ1) is 10.7. The van der Waals surface area contributed by atoms with Crippen molar-refractivity contribution in [3.63, 3.8) is 0 Å². The van der Waals surface area contributed by atoms with E-state index in [0.29, 0.717) is 0 Å². The van der Waals surface area contributed by atoms with Gasteiger partial charge in [0.15, 0.2) is 0 Å². The second-order valence-electron chi connectivity index (χ2n) is 5.42. The van der Waals surface area contributed by atoms with Crippen LogP contribution in [0.25, 0.3) is 0 Å². The fourth-order valence-electron chi connectivity index (χ4n) is 2.78. The number of hydrogen-bond donors (Lipinski definition) is 1. The van der Waals surface area contributed by atoms with Crippen LogP contribution in [-0.4, -0.2) is 4.98 Å². The molecule has 1 aromatic rings. The number of rotatable bonds is 2. The minimum Gasteiger partial charge on any atom is -0.319 e. The molecule has 1 unspecified atom stereocenters. The van der Waals surface area contributed by atoms with Gasteiger partial charge in [-0.05, 0) is 44.4 Å². The van der Waals surface area contributed by atoms with Crippen molar-refractivity contribution >= 4 is 11.3 Å². The Balaban J connectivity index is 1.86. The highest BCUT2D eigenvalue weighted by Crippen LogP contribution is 2.43. The van der Waals surface area contributed by atoms with E-state index in [4.69, 9.17) is 10.7 Å². The number of aryl methyl sites for hydroxylation is 1. The van der Waals surface area contributed by atoms with E-state index in [1.807, 2.05) is 11.3 Å². The lowest BCUT2D eigenvalue weighted by Gasteiger charge is -2.35. The second kappa shape index (κ2) is 3.81. The Bertz CT molecular complexity index is 393. The van der Waals surface area contributed by atoms with Crippen molar-refractivity contribution in [3.8, 4) is 0 Å². The normalized spacial score (nSPS) is 27.2. The minimum absolute atomic E-state index is 0.0519. The lowest BCUT2D eigenvalue weighted by atomic mass is 9.78. The van der Waals surface area contributed by atoms with E-state index in [0.717, 1.165) is 18.8 Å². The molecule has 1 heterocycles. The molecule has 0 aliphatic heterocycles. The van der Waals surface area contributed by atoms with Crippen molar-refractivity contribution in [2.75, 3.05) is 0 Å². The summed E-state index contributed by atoms with van der Waals surface area (Å²) in [5.74, 6) is 0.885. The quantitative estimate of drug-likeness (QED) is 0.857. The van der Waals surface area contributed by atoms with Gasteiger partial charge in [0.1, 0.15) is 5.01 Å². The maximum Gasteiger partial charge on any atom is 0.113 e. The zero-order valence-corrected chi connectivity index (χ0v) is 10.8. The Morgan fingerprint density at radius 3 is 2.94 bits per heavy atom. The number of thiazole rings is 1. The van der Waals surface area contributed by atoms with Crippen LogP contribution < -0.4 is 5.73 Å². The van der Waals surface area contributed by atoms with Crippen LogP contribution in [0.4, 0.5) is 0 Å². The van der Waals surface area contributed by atoms with Gasteiger partial charge in [-0.25, -0.2) is 4.98 Å². The molecule has 2 nitrogen and oxygen atoms in total. The highest BCUT2D eigenvalue weighted by atomic mass is 32.1. The average Bonchev–Trinajstić information content (AvgIpc) is 2.68. The summed E-state index contributed by atoms with van der Waals surface area (Å²) in [4.78, 5) is 6.34. The van der Waals surface area contributed by atoms with E-state index >= 15 is 0 Å². The lowest BCUT2D eigenvalue weighted by Crippen LogP contribution is -2.43. The molecule has 0 amide bonds. The molecule has 1 atom stereocenters. The van der Waals surface area contributed by atoms with Crippen LogP contribution in [0.3, 0.4) is 0 Å². The molecule has 3 heteroatoms. The van der Waals surface area contributed by atoms with Crippen molar-refractivity contribution < 1.29 is 0 Å². The Morgan fingerprint density at radius 1 is 1.50 bits per heavy atom. The highest BCUT2D eigenvalue weighted by Gasteiger charge is 2.38. The van der Waals surface area contributed by atoms with Gasteiger partial charge in [-0.2, -0.15) is 0 Å². The van der Waals surface area contributed by atoms with Gasteiger partial charge in [0.2, 0.25) is 0 Å². The molecule has 2 N–H and O–H groups in total. The Morgan fingerprint density at radius 2 is 2.31 bits per heavy atom. The first-order chi connectivity index (χ1) is 7.71. The maximum atomic E-state index is 6.35. The van der Waals surface area contributed by atoms with Gasteiger partial charge in [0, 0.05) is 4.88 Å². The van der Waals surface area contributed by atoms with Gasteiger partial charge in [-0.1, -0.05) is 13.3 Å². The van der Waals surface area contributed by atoms with Gasteiger partial charge in [0.05, 0.1) is 11.2 Å². The first-order valence-corrected chi connectivity index (χ1v) is 7.31. The van der Waals surface area contributed by atoms with E-state index in [-0.39, 0.29) is 5.54 Å². The number of aromatic nitrogens is 1. The summed E-state index contributed by atoms with van der Waals surface area (Å²) >= 11 is 1.90. The van der Waals surface area contributed by atoms with Crippen molar-refractivity contribution in [2.24, 2.45) is 11.7 Å². The van der Waals surface area contributed by atoms with Crippen molar-refractivity contribution in [2.45, 2.75) is 57.4 Å². The summed E-state index contributed by atoms with van der Waals surface area (Å²) in [5, 5.41) is 1.22. The third kappa shape index (κ3) is 1.61. The van der Waals surface area contributed by atoms with Crippen molar-refractivity contribution in [1.82, 2.24) is 4.98 Å². The Labute approximate surface area is 101 Å². The van der Waals surface area contributed by atoms with E-state index in [1.165, 1.54) is 47.7 Å². The van der Waals surface area contributed by atoms with Gasteiger partial charge in [0.25, 0.3) is 0 Å². The highest BCUT2D eigenvalue weighted by molar-refractivity contribution is 7.11. The topological polar surface area (TPSA) is 38.9 Å². The molecular formula is C13H20N2S. The number of nitrogens with two attached hydrogens (primary N) is 1. The average molecular weight is 236 g/mol. The van der Waals surface area contributed by atoms with Crippen LogP contribution >= 0.6 is 11.3 Å². The van der Waals surface area contributed by atoms with Crippen LogP contribution in [-0.2, 0) is 18.4 Å². The SMILES string of the molecule is CCC1CCc2nc(C3(N)CCC3)sc2C1. The van der Waals surface area contributed by atoms with Gasteiger partial charge >= 0.3 is 0 Å². The second-order valence-corrected chi connectivity index (χ2v) is 6.50. The van der Waals surface area contributed by atoms with E-state index in [9.17, 15) is 0 Å². The molecule has 3 rings (SSSR count). The van der Waals surface area contributed by atoms with Gasteiger partial charge in [-0.15, -0.1) is 11.3 Å². The first-order valence-electron chi connectivity index (χ1n) is 6.49. The molecule has 0 saturated heterocycles. The monoisotopic (exact) mass is 236 g/mol. The van der Waals surface area contributed by atoms with E-state index in [2.05, 4.69) is 6.92 Å². The molecule has 88 valence electrons.